The summed E-state index contributed by atoms with van der Waals surface area (Å²) in [5.74, 6) is 1.47. The molecule has 28 heavy (non-hydrogen) atoms. The largest absolute Gasteiger partial charge is 0.493 e. The molecular formula is C19H16BrClN4O3. The molecule has 2 aromatic carbocycles. The van der Waals surface area contributed by atoms with Crippen molar-refractivity contribution in [2.75, 3.05) is 12.4 Å². The highest BCUT2D eigenvalue weighted by Crippen LogP contribution is 2.40. The monoisotopic (exact) mass is 462 g/mol. The lowest BCUT2D eigenvalue weighted by molar-refractivity contribution is -0.117. The lowest BCUT2D eigenvalue weighted by Gasteiger charge is -2.25. The Labute approximate surface area is 174 Å². The first-order valence-corrected chi connectivity index (χ1v) is 9.66. The van der Waals surface area contributed by atoms with Crippen LogP contribution in [0.15, 0.2) is 47.2 Å². The van der Waals surface area contributed by atoms with Crippen molar-refractivity contribution in [3.8, 4) is 11.5 Å². The van der Waals surface area contributed by atoms with E-state index in [2.05, 4.69) is 31.3 Å². The molecule has 9 heteroatoms. The number of nitrogens with one attached hydrogen (secondary N) is 1. The Morgan fingerprint density at radius 2 is 2.07 bits per heavy atom. The third-order valence-electron chi connectivity index (χ3n) is 4.45. The van der Waals surface area contributed by atoms with Crippen LogP contribution in [0.3, 0.4) is 0 Å². The first-order chi connectivity index (χ1) is 13.5. The molecule has 4 rings (SSSR count). The number of benzene rings is 2. The second-order valence-electron chi connectivity index (χ2n) is 6.24. The van der Waals surface area contributed by atoms with Crippen molar-refractivity contribution in [1.29, 1.82) is 0 Å². The van der Waals surface area contributed by atoms with Gasteiger partial charge in [0.25, 0.3) is 0 Å². The number of fused-ring (bicyclic) bond motifs is 1. The van der Waals surface area contributed by atoms with Gasteiger partial charge in [-0.1, -0.05) is 39.7 Å². The van der Waals surface area contributed by atoms with Gasteiger partial charge in [-0.05, 0) is 35.4 Å². The summed E-state index contributed by atoms with van der Waals surface area (Å²) >= 11 is 9.52. The van der Waals surface area contributed by atoms with Crippen molar-refractivity contribution >= 4 is 39.4 Å². The number of hydrogen-bond acceptors (Lipinski definition) is 5. The van der Waals surface area contributed by atoms with Gasteiger partial charge >= 0.3 is 0 Å². The predicted octanol–water partition coefficient (Wildman–Crippen LogP) is 4.21. The van der Waals surface area contributed by atoms with Crippen molar-refractivity contribution in [3.05, 3.63) is 63.3 Å². The van der Waals surface area contributed by atoms with Gasteiger partial charge in [-0.25, -0.2) is 4.68 Å². The second kappa shape index (κ2) is 7.81. The van der Waals surface area contributed by atoms with Crippen molar-refractivity contribution in [2.45, 2.75) is 19.1 Å². The second-order valence-corrected chi connectivity index (χ2v) is 7.53. The molecule has 1 amide bonds. The molecule has 0 radical (unpaired) electrons. The number of amides is 1. The summed E-state index contributed by atoms with van der Waals surface area (Å²) in [7, 11) is 1.58. The van der Waals surface area contributed by atoms with Gasteiger partial charge < -0.3 is 9.47 Å². The lowest BCUT2D eigenvalue weighted by atomic mass is 10.0. The van der Waals surface area contributed by atoms with Gasteiger partial charge in [0.15, 0.2) is 11.5 Å². The van der Waals surface area contributed by atoms with E-state index in [0.717, 1.165) is 15.6 Å². The molecule has 1 atom stereocenters. The fourth-order valence-electron chi connectivity index (χ4n) is 3.07. The van der Waals surface area contributed by atoms with Gasteiger partial charge in [0.1, 0.15) is 12.9 Å². The van der Waals surface area contributed by atoms with E-state index in [1.807, 2.05) is 36.4 Å². The van der Waals surface area contributed by atoms with Crippen LogP contribution in [0.2, 0.25) is 5.02 Å². The Hall–Kier alpha value is -2.58. The Balaban J connectivity index is 1.63. The highest BCUT2D eigenvalue weighted by atomic mass is 79.9. The standard InChI is InChI=1S/C19H16BrClN4O3/c1-27-16-6-13(15-8-18(26)24-19-22-10-23-25(15)19)14(20)7-17(16)28-9-11-2-4-12(21)5-3-11/h2-7,10,15H,8-9H2,1H3,(H,22,23,24,26)/t15-/m0/s1. The van der Waals surface area contributed by atoms with Crippen molar-refractivity contribution in [3.63, 3.8) is 0 Å². The van der Waals surface area contributed by atoms with Crippen LogP contribution in [0, 0.1) is 0 Å². The Morgan fingerprint density at radius 1 is 1.29 bits per heavy atom. The molecule has 0 aliphatic carbocycles. The van der Waals surface area contributed by atoms with E-state index in [1.165, 1.54) is 6.33 Å². The zero-order valence-electron chi connectivity index (χ0n) is 14.9. The molecule has 2 heterocycles. The zero-order chi connectivity index (χ0) is 19.7. The van der Waals surface area contributed by atoms with Crippen LogP contribution in [0.5, 0.6) is 11.5 Å². The molecule has 0 unspecified atom stereocenters. The number of aromatic nitrogens is 3. The van der Waals surface area contributed by atoms with Gasteiger partial charge in [-0.15, -0.1) is 0 Å². The molecule has 0 saturated carbocycles. The third kappa shape index (κ3) is 3.70. The van der Waals surface area contributed by atoms with Crippen molar-refractivity contribution in [1.82, 2.24) is 14.8 Å². The summed E-state index contributed by atoms with van der Waals surface area (Å²) in [5.41, 5.74) is 1.85. The van der Waals surface area contributed by atoms with E-state index < -0.39 is 0 Å². The van der Waals surface area contributed by atoms with Gasteiger partial charge in [0, 0.05) is 9.50 Å². The van der Waals surface area contributed by atoms with Crippen LogP contribution in [0.1, 0.15) is 23.6 Å². The minimum atomic E-state index is -0.292. The molecule has 7 nitrogen and oxygen atoms in total. The highest BCUT2D eigenvalue weighted by Gasteiger charge is 2.30. The maximum atomic E-state index is 12.1. The summed E-state index contributed by atoms with van der Waals surface area (Å²) in [6.07, 6.45) is 1.67. The minimum Gasteiger partial charge on any atom is -0.493 e. The average molecular weight is 464 g/mol. The van der Waals surface area contributed by atoms with Crippen LogP contribution in [0.25, 0.3) is 0 Å². The van der Waals surface area contributed by atoms with Crippen LogP contribution >= 0.6 is 27.5 Å². The van der Waals surface area contributed by atoms with Crippen molar-refractivity contribution in [2.24, 2.45) is 0 Å². The number of rotatable bonds is 5. The SMILES string of the molecule is COc1cc([C@@H]2CC(=O)Nc3ncnn32)c(Br)cc1OCc1ccc(Cl)cc1. The van der Waals surface area contributed by atoms with Crippen LogP contribution in [0.4, 0.5) is 5.95 Å². The first-order valence-electron chi connectivity index (χ1n) is 8.49. The molecule has 0 spiro atoms. The summed E-state index contributed by atoms with van der Waals surface area (Å²) in [5, 5.41) is 7.63. The Bertz CT molecular complexity index is 1020. The number of halogens is 2. The van der Waals surface area contributed by atoms with Crippen LogP contribution in [-0.2, 0) is 11.4 Å². The lowest BCUT2D eigenvalue weighted by Crippen LogP contribution is -2.29. The summed E-state index contributed by atoms with van der Waals surface area (Å²) in [6.45, 7) is 0.373. The zero-order valence-corrected chi connectivity index (χ0v) is 17.2. The number of anilines is 1. The molecule has 1 aliphatic heterocycles. The number of carbonyl (C=O) groups excluding carboxylic acids is 1. The van der Waals surface area contributed by atoms with Gasteiger partial charge in [0.2, 0.25) is 11.9 Å². The van der Waals surface area contributed by atoms with Gasteiger partial charge in [-0.3, -0.25) is 10.1 Å². The van der Waals surface area contributed by atoms with Gasteiger partial charge in [0.05, 0.1) is 19.6 Å². The summed E-state index contributed by atoms with van der Waals surface area (Å²) < 4.78 is 13.9. The maximum absolute atomic E-state index is 12.1. The molecule has 144 valence electrons. The topological polar surface area (TPSA) is 78.3 Å². The van der Waals surface area contributed by atoms with E-state index in [9.17, 15) is 4.79 Å². The number of methoxy groups -OCH3 is 1. The number of hydrogen-bond donors (Lipinski definition) is 1. The van der Waals surface area contributed by atoms with Crippen LogP contribution in [-0.4, -0.2) is 27.8 Å². The number of carbonyl (C=O) groups is 1. The Kier molecular flexibility index (Phi) is 5.23. The summed E-state index contributed by atoms with van der Waals surface area (Å²) in [4.78, 5) is 16.1. The molecule has 0 fully saturated rings. The summed E-state index contributed by atoms with van der Waals surface area (Å²) in [6, 6.07) is 10.9. The van der Waals surface area contributed by atoms with Crippen LogP contribution < -0.4 is 14.8 Å². The van der Waals surface area contributed by atoms with Gasteiger partial charge in [-0.2, -0.15) is 10.1 Å². The number of ether oxygens (including phenoxy) is 2. The van der Waals surface area contributed by atoms with E-state index in [4.69, 9.17) is 21.1 Å². The molecular weight excluding hydrogens is 448 g/mol. The molecule has 1 aromatic heterocycles. The maximum Gasteiger partial charge on any atom is 0.229 e. The normalized spacial score (nSPS) is 15.7. The van der Waals surface area contributed by atoms with Crippen molar-refractivity contribution < 1.29 is 14.3 Å². The smallest absolute Gasteiger partial charge is 0.229 e. The Morgan fingerprint density at radius 3 is 2.82 bits per heavy atom. The molecule has 0 saturated heterocycles. The van der Waals surface area contributed by atoms with E-state index in [-0.39, 0.29) is 18.4 Å². The third-order valence-corrected chi connectivity index (χ3v) is 5.39. The van der Waals surface area contributed by atoms with E-state index in [0.29, 0.717) is 29.1 Å². The fourth-order valence-corrected chi connectivity index (χ4v) is 3.78. The predicted molar refractivity (Wildman–Crippen MR) is 108 cm³/mol. The molecule has 0 bridgehead atoms. The minimum absolute atomic E-state index is 0.112. The highest BCUT2D eigenvalue weighted by molar-refractivity contribution is 9.10. The van der Waals surface area contributed by atoms with E-state index in [1.54, 1.807) is 11.8 Å². The number of nitrogens with zero attached hydrogens (tertiary/aromatic N) is 3. The molecule has 1 aliphatic rings. The first kappa shape index (κ1) is 18.8. The molecule has 3 aromatic rings. The molecule has 1 N–H and O–H groups in total. The quantitative estimate of drug-likeness (QED) is 0.613. The van der Waals surface area contributed by atoms with E-state index >= 15 is 0 Å². The average Bonchev–Trinajstić information content (AvgIpc) is 3.15. The fraction of sp³-hybridized carbons (Fsp3) is 0.211.